The third-order valence-corrected chi connectivity index (χ3v) is 3.93. The van der Waals surface area contributed by atoms with Gasteiger partial charge in [0, 0.05) is 12.6 Å². The van der Waals surface area contributed by atoms with Crippen LogP contribution in [-0.2, 0) is 0 Å². The van der Waals surface area contributed by atoms with E-state index in [4.69, 9.17) is 0 Å². The lowest BCUT2D eigenvalue weighted by atomic mass is 9.98. The molecule has 0 aliphatic carbocycles. The van der Waals surface area contributed by atoms with Gasteiger partial charge in [-0.05, 0) is 44.0 Å². The van der Waals surface area contributed by atoms with Crippen molar-refractivity contribution in [1.82, 2.24) is 10.2 Å². The summed E-state index contributed by atoms with van der Waals surface area (Å²) >= 11 is 0. The number of benzene rings is 2. The van der Waals surface area contributed by atoms with E-state index >= 15 is 0 Å². The Labute approximate surface area is 148 Å². The van der Waals surface area contributed by atoms with Gasteiger partial charge in [0.15, 0.2) is 0 Å². The highest BCUT2D eigenvalue weighted by Crippen LogP contribution is 2.23. The minimum absolute atomic E-state index is 0.0708. The van der Waals surface area contributed by atoms with Crippen molar-refractivity contribution < 1.29 is 14.3 Å². The van der Waals surface area contributed by atoms with Crippen molar-refractivity contribution in [2.24, 2.45) is 0 Å². The summed E-state index contributed by atoms with van der Waals surface area (Å²) in [4.78, 5) is 14.3. The third kappa shape index (κ3) is 5.29. The fourth-order valence-electron chi connectivity index (χ4n) is 2.71. The minimum Gasteiger partial charge on any atom is -0.392 e. The normalized spacial score (nSPS) is 13.4. The van der Waals surface area contributed by atoms with E-state index in [0.29, 0.717) is 5.56 Å². The Hall–Kier alpha value is -2.40. The van der Waals surface area contributed by atoms with Crippen LogP contribution in [0.2, 0.25) is 0 Å². The Kier molecular flexibility index (Phi) is 6.53. The molecule has 0 saturated heterocycles. The molecule has 2 rings (SSSR count). The maximum Gasteiger partial charge on any atom is 0.318 e. The molecule has 25 heavy (non-hydrogen) atoms. The molecule has 134 valence electrons. The Bertz CT molecular complexity index is 689. The molecule has 2 aromatic rings. The Morgan fingerprint density at radius 3 is 2.28 bits per heavy atom. The summed E-state index contributed by atoms with van der Waals surface area (Å²) in [7, 11) is 0. The van der Waals surface area contributed by atoms with Gasteiger partial charge in [-0.15, -0.1) is 0 Å². The van der Waals surface area contributed by atoms with E-state index in [1.165, 1.54) is 12.1 Å². The number of carbonyl (C=O) groups is 1. The van der Waals surface area contributed by atoms with Crippen molar-refractivity contribution in [3.63, 3.8) is 0 Å². The van der Waals surface area contributed by atoms with Crippen LogP contribution in [0.3, 0.4) is 0 Å². The first kappa shape index (κ1) is 18.9. The van der Waals surface area contributed by atoms with E-state index in [9.17, 15) is 14.3 Å². The number of rotatable bonds is 6. The van der Waals surface area contributed by atoms with Crippen LogP contribution in [0.4, 0.5) is 9.18 Å². The summed E-state index contributed by atoms with van der Waals surface area (Å²) in [5.41, 5.74) is 1.53. The fourth-order valence-corrected chi connectivity index (χ4v) is 2.71. The molecule has 2 N–H and O–H groups in total. The predicted molar refractivity (Wildman–Crippen MR) is 96.7 cm³/mol. The van der Waals surface area contributed by atoms with Crippen molar-refractivity contribution in [2.75, 3.05) is 6.54 Å². The van der Waals surface area contributed by atoms with Gasteiger partial charge in [-0.2, -0.15) is 0 Å². The first-order valence-corrected chi connectivity index (χ1v) is 8.44. The van der Waals surface area contributed by atoms with E-state index in [1.54, 1.807) is 24.0 Å². The predicted octanol–water partition coefficient (Wildman–Crippen LogP) is 3.72. The van der Waals surface area contributed by atoms with Crippen LogP contribution in [0.5, 0.6) is 0 Å². The van der Waals surface area contributed by atoms with Gasteiger partial charge in [-0.1, -0.05) is 42.5 Å². The summed E-state index contributed by atoms with van der Waals surface area (Å²) in [6.07, 6.45) is -0.627. The molecule has 0 aromatic heterocycles. The zero-order valence-electron chi connectivity index (χ0n) is 14.8. The van der Waals surface area contributed by atoms with Gasteiger partial charge in [0.1, 0.15) is 5.82 Å². The van der Waals surface area contributed by atoms with Gasteiger partial charge in [-0.3, -0.25) is 0 Å². The lowest BCUT2D eigenvalue weighted by Gasteiger charge is -2.30. The number of hydrogen-bond donors (Lipinski definition) is 2. The van der Waals surface area contributed by atoms with Gasteiger partial charge in [0.2, 0.25) is 0 Å². The smallest absolute Gasteiger partial charge is 0.318 e. The van der Waals surface area contributed by atoms with E-state index in [1.807, 2.05) is 44.2 Å². The molecule has 2 unspecified atom stereocenters. The van der Waals surface area contributed by atoms with Gasteiger partial charge in [0.05, 0.1) is 12.1 Å². The molecular formula is C20H25FN2O2. The molecule has 0 aliphatic rings. The second-order valence-corrected chi connectivity index (χ2v) is 6.44. The maximum absolute atomic E-state index is 13.7. The number of nitrogens with one attached hydrogen (secondary N) is 1. The largest absolute Gasteiger partial charge is 0.392 e. The number of urea groups is 1. The molecule has 0 bridgehead atoms. The lowest BCUT2D eigenvalue weighted by molar-refractivity contribution is 0.118. The second kappa shape index (κ2) is 8.62. The number of aliphatic hydroxyl groups is 1. The van der Waals surface area contributed by atoms with Crippen LogP contribution < -0.4 is 5.32 Å². The summed E-state index contributed by atoms with van der Waals surface area (Å²) in [5, 5.41) is 12.6. The molecule has 4 nitrogen and oxygen atoms in total. The van der Waals surface area contributed by atoms with Crippen molar-refractivity contribution in [3.05, 3.63) is 71.5 Å². The average molecular weight is 344 g/mol. The van der Waals surface area contributed by atoms with Gasteiger partial charge in [-0.25, -0.2) is 9.18 Å². The van der Waals surface area contributed by atoms with Crippen LogP contribution in [0.1, 0.15) is 37.9 Å². The molecule has 0 radical (unpaired) electrons. The number of carbonyl (C=O) groups excluding carboxylic acids is 1. The average Bonchev–Trinajstić information content (AvgIpc) is 2.57. The highest BCUT2D eigenvalue weighted by atomic mass is 19.1. The Balaban J connectivity index is 2.31. The third-order valence-electron chi connectivity index (χ3n) is 3.93. The zero-order chi connectivity index (χ0) is 18.4. The zero-order valence-corrected chi connectivity index (χ0v) is 14.8. The van der Waals surface area contributed by atoms with Crippen LogP contribution in [-0.4, -0.2) is 34.7 Å². The molecule has 0 heterocycles. The Morgan fingerprint density at radius 2 is 1.72 bits per heavy atom. The molecule has 5 heteroatoms. The van der Waals surface area contributed by atoms with Crippen LogP contribution in [0, 0.1) is 5.82 Å². The number of halogens is 1. The topological polar surface area (TPSA) is 52.6 Å². The highest BCUT2D eigenvalue weighted by Gasteiger charge is 2.23. The number of aliphatic hydroxyl groups excluding tert-OH is 1. The first-order chi connectivity index (χ1) is 11.9. The summed E-state index contributed by atoms with van der Waals surface area (Å²) in [6, 6.07) is 14.8. The van der Waals surface area contributed by atoms with Crippen molar-refractivity contribution in [2.45, 2.75) is 39.0 Å². The first-order valence-electron chi connectivity index (χ1n) is 8.44. The number of amides is 2. The van der Waals surface area contributed by atoms with Crippen LogP contribution >= 0.6 is 0 Å². The summed E-state index contributed by atoms with van der Waals surface area (Å²) in [5.74, 6) is -0.350. The monoisotopic (exact) mass is 344 g/mol. The second-order valence-electron chi connectivity index (χ2n) is 6.44. The lowest BCUT2D eigenvalue weighted by Crippen LogP contribution is -2.48. The van der Waals surface area contributed by atoms with Crippen molar-refractivity contribution >= 4 is 6.03 Å². The Morgan fingerprint density at radius 1 is 1.08 bits per heavy atom. The van der Waals surface area contributed by atoms with Gasteiger partial charge in [0.25, 0.3) is 0 Å². The molecule has 0 fully saturated rings. The molecular weight excluding hydrogens is 319 g/mol. The van der Waals surface area contributed by atoms with E-state index in [2.05, 4.69) is 5.32 Å². The fraction of sp³-hybridized carbons (Fsp3) is 0.350. The SMILES string of the molecule is CC(O)CN(C(=O)NC(c1ccccc1)c1cccc(F)c1)C(C)C. The molecule has 0 aliphatic heterocycles. The number of nitrogens with zero attached hydrogens (tertiary/aromatic N) is 1. The summed E-state index contributed by atoms with van der Waals surface area (Å²) in [6.45, 7) is 5.65. The van der Waals surface area contributed by atoms with Crippen molar-refractivity contribution in [3.8, 4) is 0 Å². The summed E-state index contributed by atoms with van der Waals surface area (Å²) < 4.78 is 13.7. The van der Waals surface area contributed by atoms with E-state index in [-0.39, 0.29) is 24.4 Å². The highest BCUT2D eigenvalue weighted by molar-refractivity contribution is 5.75. The molecule has 2 amide bonds. The standard InChI is InChI=1S/C20H25FN2O2/c1-14(2)23(13-15(3)24)20(25)22-19(16-8-5-4-6-9-16)17-10-7-11-18(21)12-17/h4-12,14-15,19,24H,13H2,1-3H3,(H,22,25). The maximum atomic E-state index is 13.7. The molecule has 2 aromatic carbocycles. The molecule has 2 atom stereocenters. The van der Waals surface area contributed by atoms with Crippen LogP contribution in [0.15, 0.2) is 54.6 Å². The van der Waals surface area contributed by atoms with E-state index in [0.717, 1.165) is 5.56 Å². The van der Waals surface area contributed by atoms with Crippen molar-refractivity contribution in [1.29, 1.82) is 0 Å². The van der Waals surface area contributed by atoms with E-state index < -0.39 is 12.1 Å². The van der Waals surface area contributed by atoms with Gasteiger partial charge >= 0.3 is 6.03 Å². The quantitative estimate of drug-likeness (QED) is 0.839. The van der Waals surface area contributed by atoms with Gasteiger partial charge < -0.3 is 15.3 Å². The minimum atomic E-state index is -0.627. The molecule has 0 saturated carbocycles. The number of hydrogen-bond acceptors (Lipinski definition) is 2. The van der Waals surface area contributed by atoms with Crippen LogP contribution in [0.25, 0.3) is 0 Å². The molecule has 0 spiro atoms.